The number of anilines is 1. The average molecular weight is 545 g/mol. The Kier molecular flexibility index (Phi) is 8.39. The number of benzene rings is 1. The number of carbonyl (C=O) groups excluding carboxylic acids is 1. The Labute approximate surface area is 224 Å². The Hall–Kier alpha value is -3.73. The number of alkyl halides is 4. The molecule has 11 heteroatoms. The van der Waals surface area contributed by atoms with Crippen molar-refractivity contribution in [3.63, 3.8) is 0 Å². The normalized spacial score (nSPS) is 18.7. The van der Waals surface area contributed by atoms with Crippen LogP contribution in [0, 0.1) is 0 Å². The summed E-state index contributed by atoms with van der Waals surface area (Å²) in [5.41, 5.74) is -0.206. The number of hydrogen-bond acceptors (Lipinski definition) is 5. The lowest BCUT2D eigenvalue weighted by molar-refractivity contribution is -0.0688. The van der Waals surface area contributed by atoms with E-state index in [0.29, 0.717) is 23.1 Å². The van der Waals surface area contributed by atoms with Gasteiger partial charge in [-0.05, 0) is 38.5 Å². The molecular weight excluding hydrogens is 512 g/mol. The molecule has 2 atom stereocenters. The number of amides is 1. The average Bonchev–Trinajstić information content (AvgIpc) is 3.32. The first-order valence-electron chi connectivity index (χ1n) is 12.7. The van der Waals surface area contributed by atoms with Crippen molar-refractivity contribution in [1.29, 1.82) is 0 Å². The van der Waals surface area contributed by atoms with Crippen LogP contribution in [0.3, 0.4) is 0 Å². The first kappa shape index (κ1) is 28.3. The molecule has 0 radical (unpaired) electrons. The molecule has 208 valence electrons. The van der Waals surface area contributed by atoms with E-state index in [1.165, 1.54) is 17.0 Å². The van der Waals surface area contributed by atoms with E-state index >= 15 is 4.39 Å². The van der Waals surface area contributed by atoms with Crippen LogP contribution in [0.25, 0.3) is 22.4 Å². The number of carbonyl (C=O) groups is 1. The number of fused-ring (bicyclic) bond motifs is 1. The van der Waals surface area contributed by atoms with Crippen molar-refractivity contribution in [2.75, 3.05) is 25.0 Å². The lowest BCUT2D eigenvalue weighted by Gasteiger charge is -2.37. The minimum Gasteiger partial charge on any atom is -0.379 e. The maximum atomic E-state index is 15.1. The smallest absolute Gasteiger partial charge is 0.379 e. The molecule has 3 aromatic rings. The lowest BCUT2D eigenvalue weighted by atomic mass is 9.99. The van der Waals surface area contributed by atoms with Gasteiger partial charge in [-0.25, -0.2) is 9.37 Å². The number of hydrogen-bond donors (Lipinski definition) is 2. The second kappa shape index (κ2) is 11.6. The van der Waals surface area contributed by atoms with Gasteiger partial charge in [0, 0.05) is 55.4 Å². The van der Waals surface area contributed by atoms with Crippen LogP contribution < -0.4 is 10.6 Å². The van der Waals surface area contributed by atoms with Gasteiger partial charge in [-0.3, -0.25) is 14.4 Å². The molecule has 1 saturated heterocycles. The van der Waals surface area contributed by atoms with Gasteiger partial charge in [0.25, 0.3) is 5.91 Å². The van der Waals surface area contributed by atoms with Crippen LogP contribution in [-0.4, -0.2) is 69.6 Å². The molecule has 1 aliphatic rings. The van der Waals surface area contributed by atoms with Crippen molar-refractivity contribution in [2.45, 2.75) is 44.7 Å². The van der Waals surface area contributed by atoms with Gasteiger partial charge in [-0.2, -0.15) is 18.3 Å². The van der Waals surface area contributed by atoms with Crippen LogP contribution in [0.5, 0.6) is 0 Å². The Morgan fingerprint density at radius 2 is 2.05 bits per heavy atom. The second-order valence-corrected chi connectivity index (χ2v) is 9.93. The van der Waals surface area contributed by atoms with E-state index < -0.39 is 24.0 Å². The number of piperidine rings is 1. The molecule has 39 heavy (non-hydrogen) atoms. The van der Waals surface area contributed by atoms with Gasteiger partial charge in [0.05, 0.1) is 34.8 Å². The third-order valence-corrected chi connectivity index (χ3v) is 6.80. The number of aromatic nitrogens is 3. The highest BCUT2D eigenvalue weighted by atomic mass is 19.4. The molecule has 1 aliphatic heterocycles. The molecule has 0 aliphatic carbocycles. The van der Waals surface area contributed by atoms with Crippen LogP contribution in [-0.2, 0) is 7.05 Å². The summed E-state index contributed by atoms with van der Waals surface area (Å²) >= 11 is 0. The van der Waals surface area contributed by atoms with Gasteiger partial charge < -0.3 is 10.6 Å². The van der Waals surface area contributed by atoms with Crippen molar-refractivity contribution >= 4 is 34.0 Å². The monoisotopic (exact) mass is 544 g/mol. The Balaban J connectivity index is 1.62. The van der Waals surface area contributed by atoms with E-state index in [9.17, 15) is 18.0 Å². The summed E-state index contributed by atoms with van der Waals surface area (Å²) < 4.78 is 57.6. The number of pyridine rings is 1. The fourth-order valence-corrected chi connectivity index (χ4v) is 4.60. The van der Waals surface area contributed by atoms with Gasteiger partial charge in [0.15, 0.2) is 0 Å². The number of likely N-dealkylation sites (tertiary alicyclic amines) is 1. The quantitative estimate of drug-likeness (QED) is 0.381. The van der Waals surface area contributed by atoms with E-state index in [1.807, 2.05) is 13.8 Å². The number of aryl methyl sites for hydroxylation is 1. The first-order chi connectivity index (χ1) is 18.4. The van der Waals surface area contributed by atoms with Crippen molar-refractivity contribution in [1.82, 2.24) is 25.0 Å². The predicted molar refractivity (Wildman–Crippen MR) is 145 cm³/mol. The van der Waals surface area contributed by atoms with Crippen molar-refractivity contribution < 1.29 is 22.4 Å². The van der Waals surface area contributed by atoms with Crippen LogP contribution >= 0.6 is 0 Å². The molecule has 1 aromatic carbocycles. The molecule has 4 rings (SSSR count). The molecule has 3 heterocycles. The molecule has 0 bridgehead atoms. The molecule has 1 fully saturated rings. The number of rotatable bonds is 8. The lowest BCUT2D eigenvalue weighted by Crippen LogP contribution is -2.50. The van der Waals surface area contributed by atoms with Gasteiger partial charge in [0.1, 0.15) is 6.17 Å². The third kappa shape index (κ3) is 6.65. The van der Waals surface area contributed by atoms with E-state index in [1.54, 1.807) is 43.6 Å². The molecule has 7 nitrogen and oxygen atoms in total. The van der Waals surface area contributed by atoms with Gasteiger partial charge in [-0.15, -0.1) is 0 Å². The molecule has 2 N–H and O–H groups in total. The van der Waals surface area contributed by atoms with Crippen LogP contribution in [0.15, 0.2) is 49.3 Å². The Morgan fingerprint density at radius 3 is 2.69 bits per heavy atom. The Morgan fingerprint density at radius 1 is 1.28 bits per heavy atom. The molecule has 1 unspecified atom stereocenters. The first-order valence-corrected chi connectivity index (χ1v) is 12.7. The summed E-state index contributed by atoms with van der Waals surface area (Å²) in [7, 11) is 1.69. The van der Waals surface area contributed by atoms with Crippen LogP contribution in [0.1, 0.15) is 42.0 Å². The summed E-state index contributed by atoms with van der Waals surface area (Å²) in [4.78, 5) is 18.5. The summed E-state index contributed by atoms with van der Waals surface area (Å²) in [6.07, 6.45) is 0.878. The number of allylic oxidation sites excluding steroid dienone is 1. The van der Waals surface area contributed by atoms with Gasteiger partial charge >= 0.3 is 6.18 Å². The number of nitrogens with zero attached hydrogens (tertiary/aromatic N) is 4. The topological polar surface area (TPSA) is 75.1 Å². The highest BCUT2D eigenvalue weighted by Gasteiger charge is 2.35. The minimum atomic E-state index is -4.68. The fourth-order valence-electron chi connectivity index (χ4n) is 4.60. The highest BCUT2D eigenvalue weighted by Crippen LogP contribution is 2.37. The van der Waals surface area contributed by atoms with Crippen LogP contribution in [0.2, 0.25) is 0 Å². The number of nitrogens with one attached hydrogen (secondary N) is 2. The van der Waals surface area contributed by atoms with Gasteiger partial charge in [-0.1, -0.05) is 24.8 Å². The Bertz CT molecular complexity index is 1380. The molecule has 2 aromatic heterocycles. The molecule has 0 saturated carbocycles. The highest BCUT2D eigenvalue weighted by molar-refractivity contribution is 6.01. The van der Waals surface area contributed by atoms with Gasteiger partial charge in [0.2, 0.25) is 0 Å². The second-order valence-electron chi connectivity index (χ2n) is 9.93. The number of halogens is 4. The zero-order valence-corrected chi connectivity index (χ0v) is 22.1. The molecule has 1 amide bonds. The minimum absolute atomic E-state index is 0.126. The summed E-state index contributed by atoms with van der Waals surface area (Å²) in [6, 6.07) is 6.31. The SMILES string of the molecule is C=C(c1nc(/C=C/CNC(=O)c2cnn(C)c2)cc2c(NC3CCN(C(C)C)C[C@@H]3F)cccc12)C(F)(F)F. The maximum Gasteiger partial charge on any atom is 0.417 e. The molecular formula is C28H32F4N6O. The van der Waals surface area contributed by atoms with E-state index in [0.717, 1.165) is 6.54 Å². The standard InChI is InChI=1S/C28H32F4N6O/c1-17(2)38-12-10-25(23(29)16-38)36-24-9-5-8-21-22(24)13-20(35-26(21)18(3)28(30,31)32)7-6-11-33-27(39)19-14-34-37(4)15-19/h5-9,13-15,17,23,25,36H,3,10-12,16H2,1-2,4H3,(H,33,39)/b7-6+/t23-,25?/m0/s1. The fraction of sp³-hybridized carbons (Fsp3) is 0.393. The largest absolute Gasteiger partial charge is 0.417 e. The van der Waals surface area contributed by atoms with Crippen molar-refractivity contribution in [3.8, 4) is 0 Å². The zero-order chi connectivity index (χ0) is 28.3. The summed E-state index contributed by atoms with van der Waals surface area (Å²) in [6.45, 7) is 8.44. The summed E-state index contributed by atoms with van der Waals surface area (Å²) in [5.74, 6) is -0.332. The van der Waals surface area contributed by atoms with Crippen LogP contribution in [0.4, 0.5) is 23.2 Å². The summed E-state index contributed by atoms with van der Waals surface area (Å²) in [5, 5.41) is 10.6. The van der Waals surface area contributed by atoms with E-state index in [4.69, 9.17) is 0 Å². The predicted octanol–water partition coefficient (Wildman–Crippen LogP) is 5.22. The zero-order valence-electron chi connectivity index (χ0n) is 22.1. The van der Waals surface area contributed by atoms with Crippen molar-refractivity contribution in [3.05, 3.63) is 66.3 Å². The third-order valence-electron chi connectivity index (χ3n) is 6.80. The van der Waals surface area contributed by atoms with E-state index in [2.05, 4.69) is 32.2 Å². The molecule has 0 spiro atoms. The van der Waals surface area contributed by atoms with Crippen molar-refractivity contribution in [2.24, 2.45) is 7.05 Å². The maximum absolute atomic E-state index is 15.1. The van der Waals surface area contributed by atoms with E-state index in [-0.39, 0.29) is 41.8 Å².